The zero-order valence-electron chi connectivity index (χ0n) is 8.40. The molecule has 0 radical (unpaired) electrons. The number of hydrogen-bond acceptors (Lipinski definition) is 2. The van der Waals surface area contributed by atoms with E-state index in [4.69, 9.17) is 5.73 Å². The van der Waals surface area contributed by atoms with Gasteiger partial charge in [0.05, 0.1) is 5.69 Å². The zero-order chi connectivity index (χ0) is 9.97. The van der Waals surface area contributed by atoms with Gasteiger partial charge in [-0.3, -0.25) is 0 Å². The quantitative estimate of drug-likeness (QED) is 0.795. The Kier molecular flexibility index (Phi) is 2.50. The van der Waals surface area contributed by atoms with Crippen LogP contribution < -0.4 is 5.73 Å². The summed E-state index contributed by atoms with van der Waals surface area (Å²) in [7, 11) is 0. The summed E-state index contributed by atoms with van der Waals surface area (Å²) in [5.41, 5.74) is 8.84. The Morgan fingerprint density at radius 2 is 2.29 bits per heavy atom. The van der Waals surface area contributed by atoms with Crippen LogP contribution in [0.3, 0.4) is 0 Å². The van der Waals surface area contributed by atoms with Crippen molar-refractivity contribution < 1.29 is 0 Å². The van der Waals surface area contributed by atoms with Gasteiger partial charge in [0.1, 0.15) is 5.65 Å². The Balaban J connectivity index is 2.36. The fraction of sp³-hybridized carbons (Fsp3) is 0.364. The van der Waals surface area contributed by atoms with E-state index in [9.17, 15) is 0 Å². The molecule has 0 saturated carbocycles. The van der Waals surface area contributed by atoms with Crippen molar-refractivity contribution in [3.8, 4) is 0 Å². The van der Waals surface area contributed by atoms with E-state index < -0.39 is 0 Å². The van der Waals surface area contributed by atoms with Crippen LogP contribution in [0.25, 0.3) is 5.65 Å². The number of nitrogens with two attached hydrogens (primary N) is 1. The molecule has 0 unspecified atom stereocenters. The van der Waals surface area contributed by atoms with Crippen molar-refractivity contribution in [2.24, 2.45) is 5.73 Å². The Morgan fingerprint density at radius 3 is 3.00 bits per heavy atom. The predicted molar refractivity (Wildman–Crippen MR) is 57.3 cm³/mol. The fourth-order valence-electron chi connectivity index (χ4n) is 1.60. The number of nitrogens with zero attached hydrogens (tertiary/aromatic N) is 2. The minimum atomic E-state index is 0.729. The maximum atomic E-state index is 5.47. The van der Waals surface area contributed by atoms with Gasteiger partial charge in [-0.1, -0.05) is 6.07 Å². The summed E-state index contributed by atoms with van der Waals surface area (Å²) in [6, 6.07) is 6.14. The van der Waals surface area contributed by atoms with Gasteiger partial charge in [0.15, 0.2) is 0 Å². The van der Waals surface area contributed by atoms with Gasteiger partial charge in [0, 0.05) is 11.9 Å². The molecular formula is C11H15N3. The summed E-state index contributed by atoms with van der Waals surface area (Å²) in [5.74, 6) is 0. The summed E-state index contributed by atoms with van der Waals surface area (Å²) in [6.45, 7) is 2.81. The molecule has 74 valence electrons. The summed E-state index contributed by atoms with van der Waals surface area (Å²) < 4.78 is 2.12. The van der Waals surface area contributed by atoms with Crippen LogP contribution in [0, 0.1) is 6.92 Å². The minimum absolute atomic E-state index is 0.729. The van der Waals surface area contributed by atoms with Crippen LogP contribution in [0.5, 0.6) is 0 Å². The molecule has 0 aliphatic rings. The third kappa shape index (κ3) is 1.63. The molecule has 0 fully saturated rings. The van der Waals surface area contributed by atoms with Gasteiger partial charge in [-0.05, 0) is 38.4 Å². The molecule has 2 rings (SSSR count). The number of rotatable bonds is 3. The standard InChI is InChI=1S/C11H15N3/c1-9-4-2-6-11-13-10(5-3-7-12)8-14(9)11/h2,4,6,8H,3,5,7,12H2,1H3. The molecular weight excluding hydrogens is 174 g/mol. The molecule has 14 heavy (non-hydrogen) atoms. The smallest absolute Gasteiger partial charge is 0.137 e. The molecule has 2 aromatic heterocycles. The summed E-state index contributed by atoms with van der Waals surface area (Å²) in [5, 5.41) is 0. The van der Waals surface area contributed by atoms with Crippen molar-refractivity contribution in [3.05, 3.63) is 35.8 Å². The highest BCUT2D eigenvalue weighted by Gasteiger charge is 2.01. The van der Waals surface area contributed by atoms with Crippen LogP contribution in [-0.4, -0.2) is 15.9 Å². The second-order valence-corrected chi connectivity index (χ2v) is 3.52. The van der Waals surface area contributed by atoms with Crippen molar-refractivity contribution in [1.29, 1.82) is 0 Å². The lowest BCUT2D eigenvalue weighted by atomic mass is 10.2. The first-order chi connectivity index (χ1) is 6.81. The van der Waals surface area contributed by atoms with E-state index in [1.165, 1.54) is 5.69 Å². The summed E-state index contributed by atoms with van der Waals surface area (Å²) in [4.78, 5) is 4.52. The van der Waals surface area contributed by atoms with E-state index in [1.807, 2.05) is 12.1 Å². The predicted octanol–water partition coefficient (Wildman–Crippen LogP) is 1.53. The number of fused-ring (bicyclic) bond motifs is 1. The van der Waals surface area contributed by atoms with Gasteiger partial charge in [0.25, 0.3) is 0 Å². The average Bonchev–Trinajstić information content (AvgIpc) is 2.59. The van der Waals surface area contributed by atoms with E-state index in [0.717, 1.165) is 30.7 Å². The maximum absolute atomic E-state index is 5.47. The Morgan fingerprint density at radius 1 is 1.43 bits per heavy atom. The van der Waals surface area contributed by atoms with Gasteiger partial charge in [0.2, 0.25) is 0 Å². The van der Waals surface area contributed by atoms with Crippen LogP contribution in [0.15, 0.2) is 24.4 Å². The second kappa shape index (κ2) is 3.80. The Hall–Kier alpha value is -1.35. The zero-order valence-corrected chi connectivity index (χ0v) is 8.40. The molecule has 0 atom stereocenters. The van der Waals surface area contributed by atoms with Crippen LogP contribution in [0.2, 0.25) is 0 Å². The highest BCUT2D eigenvalue weighted by molar-refractivity contribution is 5.41. The molecule has 0 aliphatic carbocycles. The van der Waals surface area contributed by atoms with E-state index >= 15 is 0 Å². The second-order valence-electron chi connectivity index (χ2n) is 3.52. The van der Waals surface area contributed by atoms with Crippen molar-refractivity contribution in [3.63, 3.8) is 0 Å². The van der Waals surface area contributed by atoms with E-state index in [-0.39, 0.29) is 0 Å². The molecule has 2 heterocycles. The molecule has 3 heteroatoms. The third-order valence-corrected chi connectivity index (χ3v) is 2.38. The topological polar surface area (TPSA) is 43.3 Å². The van der Waals surface area contributed by atoms with E-state index in [2.05, 4.69) is 28.6 Å². The van der Waals surface area contributed by atoms with Crippen molar-refractivity contribution in [2.75, 3.05) is 6.54 Å². The van der Waals surface area contributed by atoms with Crippen molar-refractivity contribution in [1.82, 2.24) is 9.38 Å². The van der Waals surface area contributed by atoms with Crippen LogP contribution in [0.4, 0.5) is 0 Å². The Labute approximate surface area is 83.6 Å². The first kappa shape index (κ1) is 9.21. The first-order valence-corrected chi connectivity index (χ1v) is 4.95. The van der Waals surface area contributed by atoms with Crippen LogP contribution in [-0.2, 0) is 6.42 Å². The molecule has 0 aromatic carbocycles. The highest BCUT2D eigenvalue weighted by atomic mass is 15.0. The van der Waals surface area contributed by atoms with Crippen molar-refractivity contribution in [2.45, 2.75) is 19.8 Å². The van der Waals surface area contributed by atoms with Gasteiger partial charge in [-0.2, -0.15) is 0 Å². The SMILES string of the molecule is Cc1cccc2nc(CCCN)cn12. The largest absolute Gasteiger partial charge is 0.330 e. The average molecular weight is 189 g/mol. The maximum Gasteiger partial charge on any atom is 0.137 e. The van der Waals surface area contributed by atoms with Crippen molar-refractivity contribution >= 4 is 5.65 Å². The molecule has 0 aliphatic heterocycles. The normalized spacial score (nSPS) is 11.0. The lowest BCUT2D eigenvalue weighted by Crippen LogP contribution is -2.00. The van der Waals surface area contributed by atoms with Gasteiger partial charge >= 0.3 is 0 Å². The number of pyridine rings is 1. The van der Waals surface area contributed by atoms with Crippen LogP contribution >= 0.6 is 0 Å². The molecule has 0 bridgehead atoms. The third-order valence-electron chi connectivity index (χ3n) is 2.38. The number of aromatic nitrogens is 2. The molecule has 0 amide bonds. The van der Waals surface area contributed by atoms with Crippen LogP contribution in [0.1, 0.15) is 17.8 Å². The van der Waals surface area contributed by atoms with Gasteiger partial charge in [-0.25, -0.2) is 4.98 Å². The number of aryl methyl sites for hydroxylation is 2. The minimum Gasteiger partial charge on any atom is -0.330 e. The molecule has 0 saturated heterocycles. The van der Waals surface area contributed by atoms with E-state index in [1.54, 1.807) is 0 Å². The fourth-order valence-corrected chi connectivity index (χ4v) is 1.60. The summed E-state index contributed by atoms with van der Waals surface area (Å²) in [6.07, 6.45) is 4.07. The molecule has 3 nitrogen and oxygen atoms in total. The first-order valence-electron chi connectivity index (χ1n) is 4.95. The Bertz CT molecular complexity index is 431. The number of imidazole rings is 1. The highest BCUT2D eigenvalue weighted by Crippen LogP contribution is 2.09. The lowest BCUT2D eigenvalue weighted by Gasteiger charge is -1.95. The van der Waals surface area contributed by atoms with Gasteiger partial charge < -0.3 is 10.1 Å². The molecule has 0 spiro atoms. The van der Waals surface area contributed by atoms with Gasteiger partial charge in [-0.15, -0.1) is 0 Å². The number of hydrogen-bond donors (Lipinski definition) is 1. The lowest BCUT2D eigenvalue weighted by molar-refractivity contribution is 0.816. The monoisotopic (exact) mass is 189 g/mol. The molecule has 2 aromatic rings. The van der Waals surface area contributed by atoms with E-state index in [0.29, 0.717) is 0 Å². The molecule has 2 N–H and O–H groups in total. The summed E-state index contributed by atoms with van der Waals surface area (Å²) >= 11 is 0.